The van der Waals surface area contributed by atoms with Crippen molar-refractivity contribution in [1.29, 1.82) is 0 Å². The summed E-state index contributed by atoms with van der Waals surface area (Å²) in [7, 11) is 0. The van der Waals surface area contributed by atoms with Crippen molar-refractivity contribution in [2.45, 2.75) is 122 Å². The van der Waals surface area contributed by atoms with Gasteiger partial charge in [0, 0.05) is 12.8 Å². The Morgan fingerprint density at radius 1 is 0.538 bits per heavy atom. The molecule has 2 N–H and O–H groups in total. The maximum Gasteiger partial charge on any atom is 0.303 e. The maximum absolute atomic E-state index is 10.4. The highest BCUT2D eigenvalue weighted by Gasteiger charge is 2.03. The molecule has 26 heavy (non-hydrogen) atoms. The highest BCUT2D eigenvalue weighted by molar-refractivity contribution is 5.66. The standard InChI is InChI=1S/C22H42O4/c1-20(16-12-8-4-2-6-10-14-18-21(23)24)17-13-9-5-3-7-11-15-19-22(25)26/h20H,2-19H2,1H3,(H,23,24)(H,25,26). The van der Waals surface area contributed by atoms with E-state index in [1.165, 1.54) is 77.0 Å². The minimum Gasteiger partial charge on any atom is -0.481 e. The minimum absolute atomic E-state index is 0.322. The number of rotatable bonds is 20. The fourth-order valence-electron chi connectivity index (χ4n) is 3.45. The van der Waals surface area contributed by atoms with Gasteiger partial charge >= 0.3 is 11.9 Å². The summed E-state index contributed by atoms with van der Waals surface area (Å²) in [4.78, 5) is 20.8. The molecule has 0 rings (SSSR count). The van der Waals surface area contributed by atoms with E-state index in [-0.39, 0.29) is 0 Å². The summed E-state index contributed by atoms with van der Waals surface area (Å²) in [5.74, 6) is -0.509. The van der Waals surface area contributed by atoms with Gasteiger partial charge in [0.1, 0.15) is 0 Å². The topological polar surface area (TPSA) is 74.6 Å². The van der Waals surface area contributed by atoms with Crippen LogP contribution in [0.1, 0.15) is 122 Å². The molecule has 0 aromatic rings. The van der Waals surface area contributed by atoms with E-state index in [9.17, 15) is 9.59 Å². The van der Waals surface area contributed by atoms with Crippen LogP contribution >= 0.6 is 0 Å². The van der Waals surface area contributed by atoms with Gasteiger partial charge in [-0.2, -0.15) is 0 Å². The zero-order valence-corrected chi connectivity index (χ0v) is 17.0. The van der Waals surface area contributed by atoms with Crippen LogP contribution in [0.2, 0.25) is 0 Å². The SMILES string of the molecule is CC(CCCCCCCCCC(=O)O)CCCCCCCCCC(=O)O. The van der Waals surface area contributed by atoms with Crippen LogP contribution in [0.4, 0.5) is 0 Å². The Hall–Kier alpha value is -1.06. The molecule has 0 spiro atoms. The van der Waals surface area contributed by atoms with E-state index in [4.69, 9.17) is 10.2 Å². The Morgan fingerprint density at radius 2 is 0.808 bits per heavy atom. The fraction of sp³-hybridized carbons (Fsp3) is 0.909. The molecule has 0 aromatic carbocycles. The van der Waals surface area contributed by atoms with E-state index in [1.807, 2.05) is 0 Å². The Morgan fingerprint density at radius 3 is 1.12 bits per heavy atom. The molecule has 0 aliphatic carbocycles. The molecule has 0 radical (unpaired) electrons. The van der Waals surface area contributed by atoms with Crippen molar-refractivity contribution in [2.24, 2.45) is 5.92 Å². The normalized spacial score (nSPS) is 11.2. The molecule has 0 aliphatic rings. The Labute approximate surface area is 160 Å². The molecule has 0 saturated heterocycles. The third kappa shape index (κ3) is 21.0. The van der Waals surface area contributed by atoms with Crippen LogP contribution in [-0.2, 0) is 9.59 Å². The van der Waals surface area contributed by atoms with Gasteiger partial charge in [-0.3, -0.25) is 9.59 Å². The van der Waals surface area contributed by atoms with Crippen LogP contribution in [0.15, 0.2) is 0 Å². The van der Waals surface area contributed by atoms with Crippen LogP contribution in [0.25, 0.3) is 0 Å². The second-order valence-corrected chi connectivity index (χ2v) is 7.92. The van der Waals surface area contributed by atoms with Gasteiger partial charge in [0.25, 0.3) is 0 Å². The average molecular weight is 371 g/mol. The van der Waals surface area contributed by atoms with Crippen molar-refractivity contribution in [3.8, 4) is 0 Å². The monoisotopic (exact) mass is 370 g/mol. The third-order valence-electron chi connectivity index (χ3n) is 5.18. The smallest absolute Gasteiger partial charge is 0.303 e. The lowest BCUT2D eigenvalue weighted by Crippen LogP contribution is -1.95. The molecule has 0 bridgehead atoms. The zero-order valence-electron chi connectivity index (χ0n) is 17.0. The number of aliphatic carboxylic acids is 2. The van der Waals surface area contributed by atoms with Gasteiger partial charge in [0.2, 0.25) is 0 Å². The number of carboxylic acids is 2. The van der Waals surface area contributed by atoms with E-state index < -0.39 is 11.9 Å². The predicted octanol–water partition coefficient (Wildman–Crippen LogP) is 6.81. The molecule has 0 fully saturated rings. The summed E-state index contributed by atoms with van der Waals surface area (Å²) in [6.07, 6.45) is 19.8. The zero-order chi connectivity index (χ0) is 19.5. The van der Waals surface area contributed by atoms with Gasteiger partial charge in [0.15, 0.2) is 0 Å². The van der Waals surface area contributed by atoms with Gasteiger partial charge in [-0.15, -0.1) is 0 Å². The first kappa shape index (κ1) is 24.9. The van der Waals surface area contributed by atoms with Gasteiger partial charge in [-0.25, -0.2) is 0 Å². The van der Waals surface area contributed by atoms with Crippen LogP contribution in [0.3, 0.4) is 0 Å². The Bertz CT molecular complexity index is 309. The van der Waals surface area contributed by atoms with Crippen LogP contribution in [0, 0.1) is 5.92 Å². The molecular weight excluding hydrogens is 328 g/mol. The van der Waals surface area contributed by atoms with Gasteiger partial charge in [-0.1, -0.05) is 96.8 Å². The van der Waals surface area contributed by atoms with Gasteiger partial charge in [0.05, 0.1) is 0 Å². The first-order valence-electron chi connectivity index (χ1n) is 11.0. The number of carboxylic acid groups (broad SMARTS) is 2. The van der Waals surface area contributed by atoms with E-state index in [0.29, 0.717) is 12.8 Å². The summed E-state index contributed by atoms with van der Waals surface area (Å²) in [6.45, 7) is 2.37. The van der Waals surface area contributed by atoms with Crippen LogP contribution < -0.4 is 0 Å². The number of carbonyl (C=O) groups is 2. The molecule has 4 heteroatoms. The third-order valence-corrected chi connectivity index (χ3v) is 5.18. The van der Waals surface area contributed by atoms with Crippen molar-refractivity contribution in [2.75, 3.05) is 0 Å². The Kier molecular flexibility index (Phi) is 18.0. The van der Waals surface area contributed by atoms with Gasteiger partial charge in [-0.05, 0) is 18.8 Å². The quantitative estimate of drug-likeness (QED) is 0.231. The largest absolute Gasteiger partial charge is 0.481 e. The van der Waals surface area contributed by atoms with E-state index >= 15 is 0 Å². The van der Waals surface area contributed by atoms with E-state index in [2.05, 4.69) is 6.92 Å². The minimum atomic E-state index is -0.672. The average Bonchev–Trinajstić information content (AvgIpc) is 2.58. The number of hydrogen-bond donors (Lipinski definition) is 2. The molecule has 0 heterocycles. The summed E-state index contributed by atoms with van der Waals surface area (Å²) in [5, 5.41) is 17.1. The lowest BCUT2D eigenvalue weighted by atomic mass is 9.95. The highest BCUT2D eigenvalue weighted by Crippen LogP contribution is 2.19. The van der Waals surface area contributed by atoms with Crippen molar-refractivity contribution >= 4 is 11.9 Å². The molecule has 0 aromatic heterocycles. The summed E-state index contributed by atoms with van der Waals surface area (Å²) in [5.41, 5.74) is 0. The summed E-state index contributed by atoms with van der Waals surface area (Å²) >= 11 is 0. The number of unbranched alkanes of at least 4 members (excludes halogenated alkanes) is 12. The Balaban J connectivity index is 3.19. The molecule has 0 amide bonds. The first-order chi connectivity index (χ1) is 12.5. The molecule has 0 unspecified atom stereocenters. The second-order valence-electron chi connectivity index (χ2n) is 7.92. The molecule has 4 nitrogen and oxygen atoms in total. The highest BCUT2D eigenvalue weighted by atomic mass is 16.4. The van der Waals surface area contributed by atoms with E-state index in [1.54, 1.807) is 0 Å². The molecule has 0 saturated carbocycles. The molecular formula is C22H42O4. The van der Waals surface area contributed by atoms with Crippen molar-refractivity contribution < 1.29 is 19.8 Å². The van der Waals surface area contributed by atoms with Crippen molar-refractivity contribution in [1.82, 2.24) is 0 Å². The predicted molar refractivity (Wildman–Crippen MR) is 108 cm³/mol. The fourth-order valence-corrected chi connectivity index (χ4v) is 3.45. The summed E-state index contributed by atoms with van der Waals surface area (Å²) in [6, 6.07) is 0. The van der Waals surface area contributed by atoms with Crippen LogP contribution in [-0.4, -0.2) is 22.2 Å². The first-order valence-corrected chi connectivity index (χ1v) is 11.0. The molecule has 0 aliphatic heterocycles. The van der Waals surface area contributed by atoms with E-state index in [0.717, 1.165) is 31.6 Å². The van der Waals surface area contributed by atoms with Gasteiger partial charge < -0.3 is 10.2 Å². The molecule has 154 valence electrons. The van der Waals surface area contributed by atoms with Crippen LogP contribution in [0.5, 0.6) is 0 Å². The van der Waals surface area contributed by atoms with Crippen molar-refractivity contribution in [3.05, 3.63) is 0 Å². The second kappa shape index (κ2) is 18.7. The lowest BCUT2D eigenvalue weighted by Gasteiger charge is -2.11. The summed E-state index contributed by atoms with van der Waals surface area (Å²) < 4.78 is 0. The van der Waals surface area contributed by atoms with Crippen molar-refractivity contribution in [3.63, 3.8) is 0 Å². The lowest BCUT2D eigenvalue weighted by molar-refractivity contribution is -0.138. The number of hydrogen-bond acceptors (Lipinski definition) is 2. The maximum atomic E-state index is 10.4. The molecule has 0 atom stereocenters.